The van der Waals surface area contributed by atoms with Gasteiger partial charge in [0.25, 0.3) is 0 Å². The summed E-state index contributed by atoms with van der Waals surface area (Å²) in [5.41, 5.74) is 2.05. The summed E-state index contributed by atoms with van der Waals surface area (Å²) in [6, 6.07) is 2.59. The topological polar surface area (TPSA) is 55.6 Å². The fraction of sp³-hybridized carbons (Fsp3) is 0.533. The largest absolute Gasteiger partial charge is 0.381 e. The van der Waals surface area contributed by atoms with Crippen molar-refractivity contribution >= 4 is 5.69 Å². The molecule has 1 saturated carbocycles. The smallest absolute Gasteiger partial charge is 0.165 e. The Bertz CT molecular complexity index is 571. The Morgan fingerprint density at radius 1 is 1.30 bits per heavy atom. The summed E-state index contributed by atoms with van der Waals surface area (Å²) in [7, 11) is 1.94. The average molecular weight is 271 g/mol. The first kappa shape index (κ1) is 13.1. The van der Waals surface area contributed by atoms with Crippen LogP contribution < -0.4 is 5.32 Å². The van der Waals surface area contributed by atoms with Crippen LogP contribution in [0.2, 0.25) is 0 Å². The molecule has 5 heteroatoms. The van der Waals surface area contributed by atoms with Gasteiger partial charge in [0.2, 0.25) is 0 Å². The fourth-order valence-corrected chi connectivity index (χ4v) is 3.02. The monoisotopic (exact) mass is 271 g/mol. The summed E-state index contributed by atoms with van der Waals surface area (Å²) < 4.78 is 1.90. The highest BCUT2D eigenvalue weighted by atomic mass is 15.2. The minimum Gasteiger partial charge on any atom is -0.381 e. The van der Waals surface area contributed by atoms with Gasteiger partial charge in [-0.2, -0.15) is 0 Å². The van der Waals surface area contributed by atoms with E-state index in [2.05, 4.69) is 33.5 Å². The molecule has 3 rings (SSSR count). The van der Waals surface area contributed by atoms with E-state index in [1.54, 1.807) is 6.33 Å². The molecule has 0 radical (unpaired) electrons. The molecule has 1 fully saturated rings. The Kier molecular flexibility index (Phi) is 3.67. The number of anilines is 1. The molecular weight excluding hydrogens is 250 g/mol. The van der Waals surface area contributed by atoms with E-state index < -0.39 is 0 Å². The van der Waals surface area contributed by atoms with Crippen LogP contribution in [0.3, 0.4) is 0 Å². The van der Waals surface area contributed by atoms with Gasteiger partial charge in [-0.25, -0.2) is 0 Å². The number of aromatic nitrogens is 4. The quantitative estimate of drug-likeness (QED) is 0.929. The third-order valence-corrected chi connectivity index (χ3v) is 4.21. The van der Waals surface area contributed by atoms with Gasteiger partial charge in [0.1, 0.15) is 6.33 Å². The second-order valence-corrected chi connectivity index (χ2v) is 5.71. The lowest BCUT2D eigenvalue weighted by atomic mass is 9.99. The molecule has 0 saturated heterocycles. The normalized spacial score (nSPS) is 17.3. The second kappa shape index (κ2) is 5.61. The Balaban J connectivity index is 1.76. The van der Waals surface area contributed by atoms with Crippen molar-refractivity contribution in [2.75, 3.05) is 5.32 Å². The molecule has 1 aliphatic rings. The predicted molar refractivity (Wildman–Crippen MR) is 79.3 cm³/mol. The maximum atomic E-state index is 4.32. The highest BCUT2D eigenvalue weighted by Crippen LogP contribution is 2.29. The minimum absolute atomic E-state index is 0.494. The molecule has 0 bridgehead atoms. The first-order valence-corrected chi connectivity index (χ1v) is 7.30. The fourth-order valence-electron chi connectivity index (χ4n) is 3.02. The van der Waals surface area contributed by atoms with Crippen molar-refractivity contribution in [2.24, 2.45) is 13.0 Å². The van der Waals surface area contributed by atoms with Gasteiger partial charge in [0.05, 0.1) is 5.69 Å². The Morgan fingerprint density at radius 3 is 2.80 bits per heavy atom. The Labute approximate surface area is 119 Å². The van der Waals surface area contributed by atoms with E-state index in [0.29, 0.717) is 6.04 Å². The molecule has 0 spiro atoms. The van der Waals surface area contributed by atoms with Gasteiger partial charge < -0.3 is 9.88 Å². The molecule has 0 aromatic carbocycles. The van der Waals surface area contributed by atoms with Crippen LogP contribution >= 0.6 is 0 Å². The molecule has 2 aromatic rings. The summed E-state index contributed by atoms with van der Waals surface area (Å²) in [5.74, 6) is 1.63. The molecular formula is C15H21N5. The lowest BCUT2D eigenvalue weighted by molar-refractivity contribution is 0.482. The second-order valence-electron chi connectivity index (χ2n) is 5.71. The van der Waals surface area contributed by atoms with Crippen LogP contribution in [0.25, 0.3) is 11.4 Å². The van der Waals surface area contributed by atoms with Crippen molar-refractivity contribution < 1.29 is 0 Å². The van der Waals surface area contributed by atoms with Gasteiger partial charge in [-0.15, -0.1) is 10.2 Å². The molecule has 106 valence electrons. The minimum atomic E-state index is 0.494. The highest BCUT2D eigenvalue weighted by molar-refractivity contribution is 5.60. The highest BCUT2D eigenvalue weighted by Gasteiger charge is 2.21. The van der Waals surface area contributed by atoms with E-state index in [0.717, 1.165) is 23.0 Å². The lowest BCUT2D eigenvalue weighted by Crippen LogP contribution is -2.23. The van der Waals surface area contributed by atoms with Gasteiger partial charge in [-0.3, -0.25) is 4.98 Å². The van der Waals surface area contributed by atoms with Crippen molar-refractivity contribution in [3.8, 4) is 11.4 Å². The molecule has 1 aliphatic carbocycles. The first-order valence-electron chi connectivity index (χ1n) is 7.30. The number of nitrogens with zero attached hydrogens (tertiary/aromatic N) is 4. The summed E-state index contributed by atoms with van der Waals surface area (Å²) in [5, 5.41) is 11.6. The van der Waals surface area contributed by atoms with E-state index in [1.807, 2.05) is 24.0 Å². The lowest BCUT2D eigenvalue weighted by Gasteiger charge is -2.21. The number of nitrogens with one attached hydrogen (secondary N) is 1. The van der Waals surface area contributed by atoms with Crippen LogP contribution in [0.15, 0.2) is 24.8 Å². The maximum Gasteiger partial charge on any atom is 0.165 e. The zero-order valence-electron chi connectivity index (χ0n) is 12.1. The van der Waals surface area contributed by atoms with E-state index >= 15 is 0 Å². The number of rotatable bonds is 4. The predicted octanol–water partition coefficient (Wildman–Crippen LogP) is 2.87. The summed E-state index contributed by atoms with van der Waals surface area (Å²) >= 11 is 0. The molecule has 1 N–H and O–H groups in total. The molecule has 0 amide bonds. The van der Waals surface area contributed by atoms with E-state index in [4.69, 9.17) is 0 Å². The standard InChI is InChI=1S/C15H21N5/c1-11(12-5-3-4-6-12)18-14-7-13(8-16-9-14)15-19-17-10-20(15)2/h7-12,18H,3-6H2,1-2H3. The molecule has 1 unspecified atom stereocenters. The SMILES string of the molecule is CC(Nc1cncc(-c2nncn2C)c1)C1CCCC1. The molecule has 1 atom stereocenters. The third kappa shape index (κ3) is 2.66. The molecule has 5 nitrogen and oxygen atoms in total. The van der Waals surface area contributed by atoms with Crippen LogP contribution in [0.4, 0.5) is 5.69 Å². The molecule has 2 aromatic heterocycles. The summed E-state index contributed by atoms with van der Waals surface area (Å²) in [4.78, 5) is 4.32. The van der Waals surface area contributed by atoms with Crippen LogP contribution in [-0.2, 0) is 7.05 Å². The Hall–Kier alpha value is -1.91. The van der Waals surface area contributed by atoms with Gasteiger partial charge in [0, 0.05) is 31.0 Å². The first-order chi connectivity index (χ1) is 9.74. The van der Waals surface area contributed by atoms with Crippen molar-refractivity contribution in [3.63, 3.8) is 0 Å². The van der Waals surface area contributed by atoms with E-state index in [-0.39, 0.29) is 0 Å². The molecule has 20 heavy (non-hydrogen) atoms. The van der Waals surface area contributed by atoms with Crippen molar-refractivity contribution in [3.05, 3.63) is 24.8 Å². The summed E-state index contributed by atoms with van der Waals surface area (Å²) in [6.07, 6.45) is 10.8. The van der Waals surface area contributed by atoms with Crippen LogP contribution in [0, 0.1) is 5.92 Å². The van der Waals surface area contributed by atoms with E-state index in [9.17, 15) is 0 Å². The average Bonchev–Trinajstić information content (AvgIpc) is 3.10. The van der Waals surface area contributed by atoms with Crippen LogP contribution in [0.5, 0.6) is 0 Å². The van der Waals surface area contributed by atoms with E-state index in [1.165, 1.54) is 25.7 Å². The maximum absolute atomic E-state index is 4.32. The van der Waals surface area contributed by atoms with Crippen LogP contribution in [-0.4, -0.2) is 25.8 Å². The van der Waals surface area contributed by atoms with Crippen molar-refractivity contribution in [2.45, 2.75) is 38.6 Å². The number of pyridine rings is 1. The Morgan fingerprint density at radius 2 is 2.10 bits per heavy atom. The molecule has 0 aliphatic heterocycles. The van der Waals surface area contributed by atoms with Gasteiger partial charge >= 0.3 is 0 Å². The zero-order valence-corrected chi connectivity index (χ0v) is 12.1. The molecule has 2 heterocycles. The van der Waals surface area contributed by atoms with Gasteiger partial charge in [0.15, 0.2) is 5.82 Å². The van der Waals surface area contributed by atoms with Crippen LogP contribution in [0.1, 0.15) is 32.6 Å². The third-order valence-electron chi connectivity index (χ3n) is 4.21. The number of aryl methyl sites for hydroxylation is 1. The van der Waals surface area contributed by atoms with Crippen molar-refractivity contribution in [1.82, 2.24) is 19.7 Å². The van der Waals surface area contributed by atoms with Gasteiger partial charge in [-0.05, 0) is 31.7 Å². The van der Waals surface area contributed by atoms with Gasteiger partial charge in [-0.1, -0.05) is 12.8 Å². The zero-order chi connectivity index (χ0) is 13.9. The number of hydrogen-bond donors (Lipinski definition) is 1. The summed E-state index contributed by atoms with van der Waals surface area (Å²) in [6.45, 7) is 2.27. The number of hydrogen-bond acceptors (Lipinski definition) is 4. The van der Waals surface area contributed by atoms with Crippen molar-refractivity contribution in [1.29, 1.82) is 0 Å².